The summed E-state index contributed by atoms with van der Waals surface area (Å²) in [7, 11) is 0. The van der Waals surface area contributed by atoms with Gasteiger partial charge in [0, 0.05) is 16.1 Å². The summed E-state index contributed by atoms with van der Waals surface area (Å²) in [4.78, 5) is 1.53. The molecule has 22 heavy (non-hydrogen) atoms. The van der Waals surface area contributed by atoms with Gasteiger partial charge in [0.25, 0.3) is 0 Å². The van der Waals surface area contributed by atoms with Crippen LogP contribution in [0.4, 0.5) is 0 Å². The van der Waals surface area contributed by atoms with E-state index in [-0.39, 0.29) is 0 Å². The molecule has 112 valence electrons. The summed E-state index contributed by atoms with van der Waals surface area (Å²) in [6.45, 7) is 6.15. The minimum absolute atomic E-state index is 0.585. The van der Waals surface area contributed by atoms with E-state index in [4.69, 9.17) is 0 Å². The SMILES string of the molecule is C=C/C=C\C1=C[C@H]2c3cc4c(cc3SC2CC1C)CCC=C4. The number of hydrogen-bond acceptors (Lipinski definition) is 1. The lowest BCUT2D eigenvalue weighted by Crippen LogP contribution is -2.19. The molecule has 0 nitrogen and oxygen atoms in total. The fraction of sp³-hybridized carbons (Fsp3) is 0.333. The number of allylic oxidation sites excluding steroid dienone is 6. The molecule has 4 rings (SSSR count). The van der Waals surface area contributed by atoms with Gasteiger partial charge in [-0.15, -0.1) is 11.8 Å². The molecule has 0 saturated heterocycles. The zero-order valence-electron chi connectivity index (χ0n) is 13.1. The molecule has 0 saturated carbocycles. The van der Waals surface area contributed by atoms with Crippen molar-refractivity contribution in [2.24, 2.45) is 5.92 Å². The summed E-state index contributed by atoms with van der Waals surface area (Å²) in [5.41, 5.74) is 6.01. The Morgan fingerprint density at radius 1 is 1.32 bits per heavy atom. The van der Waals surface area contributed by atoms with Gasteiger partial charge in [-0.05, 0) is 59.6 Å². The van der Waals surface area contributed by atoms with Gasteiger partial charge in [0.15, 0.2) is 0 Å². The van der Waals surface area contributed by atoms with E-state index in [1.807, 2.05) is 6.08 Å². The van der Waals surface area contributed by atoms with Gasteiger partial charge in [-0.3, -0.25) is 0 Å². The topological polar surface area (TPSA) is 0 Å². The molecule has 0 bridgehead atoms. The second kappa shape index (κ2) is 5.62. The lowest BCUT2D eigenvalue weighted by atomic mass is 9.79. The highest BCUT2D eigenvalue weighted by Gasteiger charge is 2.37. The first-order valence-corrected chi connectivity index (χ1v) is 9.15. The number of aryl methyl sites for hydroxylation is 1. The lowest BCUT2D eigenvalue weighted by Gasteiger charge is -2.28. The van der Waals surface area contributed by atoms with Crippen LogP contribution in [0.5, 0.6) is 0 Å². The van der Waals surface area contributed by atoms with Crippen LogP contribution in [0, 0.1) is 5.92 Å². The number of rotatable bonds is 2. The van der Waals surface area contributed by atoms with Crippen LogP contribution in [0.25, 0.3) is 6.08 Å². The maximum atomic E-state index is 3.79. The Kier molecular flexibility index (Phi) is 3.62. The molecule has 2 unspecified atom stereocenters. The number of hydrogen-bond donors (Lipinski definition) is 0. The minimum atomic E-state index is 0.585. The Balaban J connectivity index is 1.75. The molecule has 2 aliphatic carbocycles. The summed E-state index contributed by atoms with van der Waals surface area (Å²) in [5, 5.41) is 0.721. The molecule has 0 aromatic heterocycles. The van der Waals surface area contributed by atoms with E-state index >= 15 is 0 Å². The van der Waals surface area contributed by atoms with Crippen molar-refractivity contribution in [1.82, 2.24) is 0 Å². The molecular weight excluding hydrogens is 284 g/mol. The van der Waals surface area contributed by atoms with Gasteiger partial charge in [0.1, 0.15) is 0 Å². The summed E-state index contributed by atoms with van der Waals surface area (Å²) >= 11 is 2.11. The van der Waals surface area contributed by atoms with E-state index in [1.165, 1.54) is 40.9 Å². The van der Waals surface area contributed by atoms with Crippen molar-refractivity contribution in [3.05, 3.63) is 71.4 Å². The maximum Gasteiger partial charge on any atom is 0.0204 e. The van der Waals surface area contributed by atoms with Gasteiger partial charge in [-0.25, -0.2) is 0 Å². The molecule has 0 spiro atoms. The molecule has 0 radical (unpaired) electrons. The van der Waals surface area contributed by atoms with Crippen molar-refractivity contribution in [2.75, 3.05) is 0 Å². The average molecular weight is 306 g/mol. The molecule has 0 amide bonds. The standard InChI is InChI=1S/C21H22S/c1-3-4-7-15-11-18-19-12-16-8-5-6-9-17(16)13-21(19)22-20(18)10-14(15)2/h3-5,7-8,11-14,18,20H,1,6,9-10H2,2H3/b7-4-/t14?,18-,20?/m0/s1. The molecule has 3 aliphatic rings. The molecule has 1 heteroatoms. The molecular formula is C21H22S. The smallest absolute Gasteiger partial charge is 0.0204 e. The molecule has 0 N–H and O–H groups in total. The predicted octanol–water partition coefficient (Wildman–Crippen LogP) is 5.91. The number of benzene rings is 1. The second-order valence-corrected chi connectivity index (χ2v) is 7.89. The first-order chi connectivity index (χ1) is 10.8. The van der Waals surface area contributed by atoms with E-state index < -0.39 is 0 Å². The average Bonchev–Trinajstić information content (AvgIpc) is 2.86. The van der Waals surface area contributed by atoms with E-state index in [2.05, 4.69) is 67.8 Å². The highest BCUT2D eigenvalue weighted by molar-refractivity contribution is 8.00. The molecule has 3 atom stereocenters. The Morgan fingerprint density at radius 2 is 2.23 bits per heavy atom. The lowest BCUT2D eigenvalue weighted by molar-refractivity contribution is 0.545. The third kappa shape index (κ3) is 2.32. The molecule has 1 aromatic carbocycles. The maximum absolute atomic E-state index is 3.79. The fourth-order valence-electron chi connectivity index (χ4n) is 3.92. The van der Waals surface area contributed by atoms with Crippen molar-refractivity contribution >= 4 is 17.8 Å². The number of fused-ring (bicyclic) bond motifs is 4. The first kappa shape index (κ1) is 14.1. The summed E-state index contributed by atoms with van der Waals surface area (Å²) < 4.78 is 0. The Hall–Kier alpha value is -1.47. The number of thioether (sulfide) groups is 1. The molecule has 1 aromatic rings. The van der Waals surface area contributed by atoms with Crippen LogP contribution >= 0.6 is 11.8 Å². The molecule has 1 heterocycles. The van der Waals surface area contributed by atoms with E-state index in [9.17, 15) is 0 Å². The third-order valence-electron chi connectivity index (χ3n) is 5.14. The van der Waals surface area contributed by atoms with Gasteiger partial charge in [-0.1, -0.05) is 50.0 Å². The van der Waals surface area contributed by atoms with Crippen LogP contribution in [-0.4, -0.2) is 5.25 Å². The molecule has 1 aliphatic heterocycles. The Labute approximate surface area is 137 Å². The van der Waals surface area contributed by atoms with Crippen molar-refractivity contribution in [1.29, 1.82) is 0 Å². The highest BCUT2D eigenvalue weighted by atomic mass is 32.2. The van der Waals surface area contributed by atoms with Crippen molar-refractivity contribution in [2.45, 2.75) is 42.2 Å². The van der Waals surface area contributed by atoms with Crippen LogP contribution in [0.1, 0.15) is 42.4 Å². The van der Waals surface area contributed by atoms with E-state index in [0.717, 1.165) is 5.25 Å². The normalized spacial score (nSPS) is 29.0. The van der Waals surface area contributed by atoms with Gasteiger partial charge < -0.3 is 0 Å². The second-order valence-electron chi connectivity index (χ2n) is 6.61. The van der Waals surface area contributed by atoms with Gasteiger partial charge in [-0.2, -0.15) is 0 Å². The van der Waals surface area contributed by atoms with E-state index in [0.29, 0.717) is 11.8 Å². The van der Waals surface area contributed by atoms with Crippen LogP contribution in [0.2, 0.25) is 0 Å². The largest absolute Gasteiger partial charge is 0.121 e. The van der Waals surface area contributed by atoms with Gasteiger partial charge >= 0.3 is 0 Å². The summed E-state index contributed by atoms with van der Waals surface area (Å²) in [6, 6.07) is 4.92. The van der Waals surface area contributed by atoms with Crippen LogP contribution in [0.15, 0.2) is 59.6 Å². The van der Waals surface area contributed by atoms with Crippen LogP contribution in [-0.2, 0) is 6.42 Å². The summed E-state index contributed by atoms with van der Waals surface area (Å²) in [5.74, 6) is 1.23. The predicted molar refractivity (Wildman–Crippen MR) is 97.4 cm³/mol. The van der Waals surface area contributed by atoms with Gasteiger partial charge in [0.2, 0.25) is 0 Å². The minimum Gasteiger partial charge on any atom is -0.121 e. The van der Waals surface area contributed by atoms with Crippen molar-refractivity contribution in [3.8, 4) is 0 Å². The fourth-order valence-corrected chi connectivity index (χ4v) is 5.55. The van der Waals surface area contributed by atoms with Crippen molar-refractivity contribution < 1.29 is 0 Å². The highest BCUT2D eigenvalue weighted by Crippen LogP contribution is 2.53. The van der Waals surface area contributed by atoms with Crippen molar-refractivity contribution in [3.63, 3.8) is 0 Å². The summed E-state index contributed by atoms with van der Waals surface area (Å²) in [6.07, 6.45) is 17.0. The first-order valence-electron chi connectivity index (χ1n) is 8.27. The van der Waals surface area contributed by atoms with Crippen LogP contribution in [0.3, 0.4) is 0 Å². The molecule has 0 fully saturated rings. The zero-order chi connectivity index (χ0) is 15.1. The Morgan fingerprint density at radius 3 is 3.09 bits per heavy atom. The zero-order valence-corrected chi connectivity index (χ0v) is 13.9. The van der Waals surface area contributed by atoms with Gasteiger partial charge in [0.05, 0.1) is 0 Å². The monoisotopic (exact) mass is 306 g/mol. The Bertz CT molecular complexity index is 705. The van der Waals surface area contributed by atoms with Crippen LogP contribution < -0.4 is 0 Å². The third-order valence-corrected chi connectivity index (χ3v) is 6.53. The quantitative estimate of drug-likeness (QED) is 0.612. The van der Waals surface area contributed by atoms with E-state index in [1.54, 1.807) is 5.56 Å².